The van der Waals surface area contributed by atoms with Gasteiger partial charge in [0.15, 0.2) is 5.78 Å². The summed E-state index contributed by atoms with van der Waals surface area (Å²) in [5.74, 6) is -0.0839. The fourth-order valence-corrected chi connectivity index (χ4v) is 3.42. The van der Waals surface area contributed by atoms with Crippen molar-refractivity contribution >= 4 is 22.7 Å². The number of aryl methyl sites for hydroxylation is 1. The van der Waals surface area contributed by atoms with Crippen LogP contribution in [0.5, 0.6) is 0 Å². The smallest absolute Gasteiger partial charge is 0.253 e. The van der Waals surface area contributed by atoms with Gasteiger partial charge in [0.25, 0.3) is 5.91 Å². The number of hydrogen-bond donors (Lipinski definition) is 2. The minimum atomic E-state index is -0.0456. The maximum Gasteiger partial charge on any atom is 0.253 e. The van der Waals surface area contributed by atoms with Crippen molar-refractivity contribution in [3.63, 3.8) is 0 Å². The lowest BCUT2D eigenvalue weighted by Crippen LogP contribution is -2.21. The van der Waals surface area contributed by atoms with Gasteiger partial charge in [-0.05, 0) is 49.2 Å². The fraction of sp³-hybridized carbons (Fsp3) is 0.217. The van der Waals surface area contributed by atoms with E-state index in [2.05, 4.69) is 20.2 Å². The molecule has 4 rings (SSSR count). The molecule has 1 amide bonds. The predicted octanol–water partition coefficient (Wildman–Crippen LogP) is 3.70. The topological polar surface area (TPSA) is 94.7 Å². The van der Waals surface area contributed by atoms with Crippen molar-refractivity contribution in [2.75, 3.05) is 14.1 Å². The summed E-state index contributed by atoms with van der Waals surface area (Å²) in [6, 6.07) is 11.4. The molecule has 0 radical (unpaired) electrons. The van der Waals surface area contributed by atoms with Gasteiger partial charge in [0.2, 0.25) is 0 Å². The van der Waals surface area contributed by atoms with Crippen LogP contribution in [0.3, 0.4) is 0 Å². The van der Waals surface area contributed by atoms with Crippen LogP contribution in [0.4, 0.5) is 0 Å². The van der Waals surface area contributed by atoms with E-state index in [9.17, 15) is 9.59 Å². The summed E-state index contributed by atoms with van der Waals surface area (Å²) in [7, 11) is 3.47. The molecule has 0 aliphatic carbocycles. The lowest BCUT2D eigenvalue weighted by atomic mass is 10.0. The minimum absolute atomic E-state index is 0.0383. The Hall–Kier alpha value is -3.74. The van der Waals surface area contributed by atoms with E-state index in [-0.39, 0.29) is 18.1 Å². The third-order valence-corrected chi connectivity index (χ3v) is 5.24. The lowest BCUT2D eigenvalue weighted by molar-refractivity contribution is 0.0827. The van der Waals surface area contributed by atoms with Gasteiger partial charge < -0.3 is 9.88 Å². The van der Waals surface area contributed by atoms with Crippen LogP contribution in [0.1, 0.15) is 37.7 Å². The quantitative estimate of drug-likeness (QED) is 0.499. The minimum Gasteiger partial charge on any atom is -0.345 e. The summed E-state index contributed by atoms with van der Waals surface area (Å²) < 4.78 is 0. The van der Waals surface area contributed by atoms with E-state index in [0.717, 1.165) is 39.1 Å². The van der Waals surface area contributed by atoms with Crippen LogP contribution >= 0.6 is 0 Å². The first kappa shape index (κ1) is 19.6. The molecule has 7 nitrogen and oxygen atoms in total. The number of hydrogen-bond acceptors (Lipinski definition) is 4. The number of pyridine rings is 1. The number of H-pyrrole nitrogens is 2. The molecular formula is C23H23N5O2. The van der Waals surface area contributed by atoms with Gasteiger partial charge in [-0.15, -0.1) is 0 Å². The molecule has 2 N–H and O–H groups in total. The lowest BCUT2D eigenvalue weighted by Gasteiger charge is -2.10. The monoisotopic (exact) mass is 401 g/mol. The second-order valence-corrected chi connectivity index (χ2v) is 7.67. The third kappa shape index (κ3) is 3.61. The maximum absolute atomic E-state index is 12.6. The summed E-state index contributed by atoms with van der Waals surface area (Å²) in [5.41, 5.74) is 6.22. The van der Waals surface area contributed by atoms with E-state index in [4.69, 9.17) is 0 Å². The highest BCUT2D eigenvalue weighted by Crippen LogP contribution is 2.25. The number of Topliss-reactive ketones (excluding diaryl/α,β-unsaturated/α-hetero) is 1. The third-order valence-electron chi connectivity index (χ3n) is 5.24. The number of rotatable bonds is 5. The molecule has 7 heteroatoms. The molecule has 0 saturated heterocycles. The standard InChI is InChI=1S/C23H23N5O2/c1-13-14(2)26-27-21(13)20(29)9-15-8-18-11-19(25-22(18)24-12-15)16-6-5-7-17(10-16)23(30)28(3)4/h5-8,10-12H,9H2,1-4H3,(H,24,25)(H,26,27). The Labute approximate surface area is 174 Å². The van der Waals surface area contributed by atoms with Gasteiger partial charge in [0, 0.05) is 54.6 Å². The zero-order valence-electron chi connectivity index (χ0n) is 17.4. The second-order valence-electron chi connectivity index (χ2n) is 7.67. The number of nitrogens with one attached hydrogen (secondary N) is 2. The first-order valence-corrected chi connectivity index (χ1v) is 9.68. The van der Waals surface area contributed by atoms with Crippen molar-refractivity contribution in [1.29, 1.82) is 0 Å². The van der Waals surface area contributed by atoms with Crippen LogP contribution in [-0.4, -0.2) is 50.9 Å². The Kier molecular flexibility index (Phi) is 4.95. The van der Waals surface area contributed by atoms with Gasteiger partial charge in [0.05, 0.1) is 0 Å². The number of carbonyl (C=O) groups is 2. The molecule has 1 aromatic carbocycles. The molecule has 0 aliphatic heterocycles. The van der Waals surface area contributed by atoms with Crippen molar-refractivity contribution in [3.8, 4) is 11.3 Å². The molecule has 152 valence electrons. The first-order chi connectivity index (χ1) is 14.3. The largest absolute Gasteiger partial charge is 0.345 e. The molecule has 30 heavy (non-hydrogen) atoms. The molecule has 0 fully saturated rings. The van der Waals surface area contributed by atoms with Crippen molar-refractivity contribution in [2.24, 2.45) is 0 Å². The number of aromatic nitrogens is 4. The number of aromatic amines is 2. The Bertz CT molecular complexity index is 1270. The zero-order chi connectivity index (χ0) is 21.4. The van der Waals surface area contributed by atoms with E-state index >= 15 is 0 Å². The number of fused-ring (bicyclic) bond motifs is 1. The van der Waals surface area contributed by atoms with Gasteiger partial charge in [-0.25, -0.2) is 4.98 Å². The highest BCUT2D eigenvalue weighted by molar-refractivity contribution is 5.98. The Morgan fingerprint density at radius 1 is 1.10 bits per heavy atom. The summed E-state index contributed by atoms with van der Waals surface area (Å²) in [6.45, 7) is 3.79. The van der Waals surface area contributed by atoms with E-state index in [1.807, 2.05) is 44.2 Å². The van der Waals surface area contributed by atoms with E-state index in [1.54, 1.807) is 31.3 Å². The van der Waals surface area contributed by atoms with Crippen LogP contribution < -0.4 is 0 Å². The molecule has 0 atom stereocenters. The molecule has 4 aromatic rings. The van der Waals surface area contributed by atoms with E-state index < -0.39 is 0 Å². The molecule has 0 unspecified atom stereocenters. The van der Waals surface area contributed by atoms with Crippen LogP contribution in [-0.2, 0) is 6.42 Å². The maximum atomic E-state index is 12.6. The fourth-order valence-electron chi connectivity index (χ4n) is 3.42. The molecule has 0 bridgehead atoms. The number of ketones is 1. The summed E-state index contributed by atoms with van der Waals surface area (Å²) in [6.07, 6.45) is 1.95. The average Bonchev–Trinajstić information content (AvgIpc) is 3.30. The number of nitrogens with zero attached hydrogens (tertiary/aromatic N) is 3. The van der Waals surface area contributed by atoms with Gasteiger partial charge in [-0.3, -0.25) is 14.7 Å². The number of benzene rings is 1. The van der Waals surface area contributed by atoms with Gasteiger partial charge in [0.1, 0.15) is 11.3 Å². The van der Waals surface area contributed by atoms with Crippen molar-refractivity contribution in [3.05, 3.63) is 70.7 Å². The van der Waals surface area contributed by atoms with Crippen molar-refractivity contribution in [2.45, 2.75) is 20.3 Å². The Morgan fingerprint density at radius 3 is 2.60 bits per heavy atom. The summed E-state index contributed by atoms with van der Waals surface area (Å²) in [5, 5.41) is 7.89. The predicted molar refractivity (Wildman–Crippen MR) is 116 cm³/mol. The van der Waals surface area contributed by atoms with Crippen LogP contribution in [0, 0.1) is 13.8 Å². The molecule has 3 heterocycles. The van der Waals surface area contributed by atoms with Crippen molar-refractivity contribution in [1.82, 2.24) is 25.1 Å². The molecule has 0 aliphatic rings. The highest BCUT2D eigenvalue weighted by atomic mass is 16.2. The Morgan fingerprint density at radius 2 is 1.90 bits per heavy atom. The van der Waals surface area contributed by atoms with E-state index in [0.29, 0.717) is 11.3 Å². The SMILES string of the molecule is Cc1[nH]nc(C(=O)Cc2cnc3[nH]c(-c4cccc(C(=O)N(C)C)c4)cc3c2)c1C. The van der Waals surface area contributed by atoms with E-state index in [1.165, 1.54) is 0 Å². The van der Waals surface area contributed by atoms with Crippen LogP contribution in [0.25, 0.3) is 22.3 Å². The molecule has 3 aromatic heterocycles. The van der Waals surface area contributed by atoms with Gasteiger partial charge in [-0.2, -0.15) is 5.10 Å². The van der Waals surface area contributed by atoms with Gasteiger partial charge >= 0.3 is 0 Å². The molecule has 0 spiro atoms. The zero-order valence-corrected chi connectivity index (χ0v) is 17.4. The highest BCUT2D eigenvalue weighted by Gasteiger charge is 2.16. The van der Waals surface area contributed by atoms with Crippen LogP contribution in [0.2, 0.25) is 0 Å². The molecular weight excluding hydrogens is 378 g/mol. The first-order valence-electron chi connectivity index (χ1n) is 9.68. The Balaban J connectivity index is 1.62. The summed E-state index contributed by atoms with van der Waals surface area (Å²) in [4.78, 5) is 34.2. The number of amides is 1. The molecule has 0 saturated carbocycles. The normalized spacial score (nSPS) is 11.1. The second kappa shape index (κ2) is 7.59. The van der Waals surface area contributed by atoms with Crippen molar-refractivity contribution < 1.29 is 9.59 Å². The number of carbonyl (C=O) groups excluding carboxylic acids is 2. The van der Waals surface area contributed by atoms with Gasteiger partial charge in [-0.1, -0.05) is 12.1 Å². The average molecular weight is 401 g/mol. The van der Waals surface area contributed by atoms with Crippen LogP contribution in [0.15, 0.2) is 42.6 Å². The summed E-state index contributed by atoms with van der Waals surface area (Å²) >= 11 is 0.